The Morgan fingerprint density at radius 3 is 2.22 bits per heavy atom. The first-order valence-corrected chi connectivity index (χ1v) is 5.86. The Morgan fingerprint density at radius 2 is 1.67 bits per heavy atom. The van der Waals surface area contributed by atoms with Gasteiger partial charge in [-0.25, -0.2) is 0 Å². The molecule has 0 amide bonds. The maximum Gasteiger partial charge on any atom is 0.289 e. The van der Waals surface area contributed by atoms with E-state index in [1.54, 1.807) is 23.5 Å². The molecule has 0 aliphatic carbocycles. The summed E-state index contributed by atoms with van der Waals surface area (Å²) in [5.41, 5.74) is 0. The first-order chi connectivity index (χ1) is 4.36. The van der Waals surface area contributed by atoms with Gasteiger partial charge in [0.05, 0.1) is 13.5 Å². The smallest absolute Gasteiger partial charge is 0.265 e. The number of hydrogen-bond acceptors (Lipinski definition) is 5. The van der Waals surface area contributed by atoms with Crippen LogP contribution in [0.3, 0.4) is 0 Å². The highest BCUT2D eigenvalue weighted by Gasteiger charge is 2.15. The number of hydrogen-bond donors (Lipinski definition) is 0. The highest BCUT2D eigenvalue weighted by atomic mass is 32.2. The summed E-state index contributed by atoms with van der Waals surface area (Å²) in [5.74, 6) is 0. The molecule has 5 heteroatoms. The van der Waals surface area contributed by atoms with Crippen molar-refractivity contribution >= 4 is 46.2 Å². The fourth-order valence-electron chi connectivity index (χ4n) is 0.569. The first kappa shape index (κ1) is 6.27. The minimum absolute atomic E-state index is 0.236. The van der Waals surface area contributed by atoms with E-state index in [0.29, 0.717) is 0 Å². The molecule has 0 aromatic carbocycles. The Hall–Kier alpha value is 0.550. The second kappa shape index (κ2) is 2.30. The summed E-state index contributed by atoms with van der Waals surface area (Å²) in [4.78, 5) is 10.7. The lowest BCUT2D eigenvalue weighted by Crippen LogP contribution is -1.74. The third kappa shape index (κ3) is 1.07. The topological polar surface area (TPSA) is 17.1 Å². The fourth-order valence-corrected chi connectivity index (χ4v) is 6.35. The van der Waals surface area contributed by atoms with Gasteiger partial charge in [0.2, 0.25) is 0 Å². The van der Waals surface area contributed by atoms with Gasteiger partial charge in [-0.2, -0.15) is 0 Å². The highest BCUT2D eigenvalue weighted by molar-refractivity contribution is 8.20. The zero-order valence-electron chi connectivity index (χ0n) is 4.25. The maximum absolute atomic E-state index is 10.7. The molecule has 1 aliphatic rings. The van der Waals surface area contributed by atoms with Crippen molar-refractivity contribution in [2.24, 2.45) is 0 Å². The lowest BCUT2D eigenvalue weighted by atomic mass is 11.1. The van der Waals surface area contributed by atoms with E-state index in [4.69, 9.17) is 0 Å². The molecule has 2 heterocycles. The Morgan fingerprint density at radius 1 is 1.11 bits per heavy atom. The molecule has 0 N–H and O–H groups in total. The van der Waals surface area contributed by atoms with Crippen molar-refractivity contribution in [1.82, 2.24) is 0 Å². The zero-order valence-corrected chi connectivity index (χ0v) is 7.51. The van der Waals surface area contributed by atoms with Gasteiger partial charge in [0.15, 0.2) is 0 Å². The van der Waals surface area contributed by atoms with Crippen LogP contribution in [-0.2, 0) is 0 Å². The van der Waals surface area contributed by atoms with Gasteiger partial charge in [-0.3, -0.25) is 4.79 Å². The van der Waals surface area contributed by atoms with Gasteiger partial charge in [-0.1, -0.05) is 22.7 Å². The monoisotopic (exact) mass is 194 g/mol. The molecule has 0 saturated carbocycles. The normalized spacial score (nSPS) is 16.0. The second-order valence-electron chi connectivity index (χ2n) is 1.44. The van der Waals surface area contributed by atoms with E-state index in [1.165, 1.54) is 31.1 Å². The average Bonchev–Trinajstić information content (AvgIpc) is 2.22. The van der Waals surface area contributed by atoms with Gasteiger partial charge in [0, 0.05) is 0 Å². The molecule has 0 unspecified atom stereocenters. The minimum atomic E-state index is 0.236. The molecule has 9 heavy (non-hydrogen) atoms. The molecule has 1 aromatic heterocycles. The molecule has 1 aromatic rings. The maximum atomic E-state index is 10.7. The molecule has 1 aliphatic heterocycles. The van der Waals surface area contributed by atoms with E-state index in [0.717, 1.165) is 5.08 Å². The van der Waals surface area contributed by atoms with Gasteiger partial charge in [0.1, 0.15) is 0 Å². The van der Waals surface area contributed by atoms with Gasteiger partial charge in [-0.05, 0) is 0 Å². The lowest BCUT2D eigenvalue weighted by molar-refractivity contribution is 1.56. The predicted molar refractivity (Wildman–Crippen MR) is 45.0 cm³/mol. The van der Waals surface area contributed by atoms with Gasteiger partial charge < -0.3 is 0 Å². The van der Waals surface area contributed by atoms with Crippen molar-refractivity contribution < 1.29 is 0 Å². The number of fused-ring (bicyclic) bond motifs is 1. The van der Waals surface area contributed by atoms with E-state index in [1.807, 2.05) is 0 Å². The highest BCUT2D eigenvalue weighted by Crippen LogP contribution is 2.45. The van der Waals surface area contributed by atoms with E-state index in [-0.39, 0.29) is 4.06 Å². The molecule has 0 fully saturated rings. The molecule has 1 nitrogen and oxygen atoms in total. The van der Waals surface area contributed by atoms with Crippen molar-refractivity contribution in [3.8, 4) is 0 Å². The molecule has 0 radical (unpaired) electrons. The summed E-state index contributed by atoms with van der Waals surface area (Å²) < 4.78 is 2.70. The molecule has 0 spiro atoms. The number of thioether (sulfide) groups is 2. The fraction of sp³-hybridized carbons (Fsp3) is 0.250. The quantitative estimate of drug-likeness (QED) is 0.631. The van der Waals surface area contributed by atoms with Gasteiger partial charge in [-0.15, -0.1) is 23.5 Å². The van der Waals surface area contributed by atoms with Crippen LogP contribution in [0.2, 0.25) is 0 Å². The standard InChI is InChI=1S/C4H2OS4/c5-4-8-2-3(9-4)7-1-6-2/h1H2. The molecular formula is C4H2OS4. The van der Waals surface area contributed by atoms with Crippen molar-refractivity contribution in [2.45, 2.75) is 8.42 Å². The average molecular weight is 194 g/mol. The van der Waals surface area contributed by atoms with Crippen LogP contribution in [0.25, 0.3) is 0 Å². The third-order valence-electron chi connectivity index (χ3n) is 0.899. The summed E-state index contributed by atoms with van der Waals surface area (Å²) >= 11 is 6.33. The van der Waals surface area contributed by atoms with Crippen LogP contribution in [-0.4, -0.2) is 5.08 Å². The van der Waals surface area contributed by atoms with E-state index in [9.17, 15) is 4.79 Å². The summed E-state index contributed by atoms with van der Waals surface area (Å²) in [6.45, 7) is 0. The Labute approximate surface area is 68.5 Å². The van der Waals surface area contributed by atoms with Gasteiger partial charge in [0.25, 0.3) is 4.06 Å². The van der Waals surface area contributed by atoms with Crippen LogP contribution in [0.4, 0.5) is 0 Å². The minimum Gasteiger partial charge on any atom is -0.265 e. The molecule has 48 valence electrons. The third-order valence-corrected chi connectivity index (χ3v) is 6.11. The lowest BCUT2D eigenvalue weighted by Gasteiger charge is -1.74. The molecule has 0 saturated heterocycles. The zero-order chi connectivity index (χ0) is 6.27. The summed E-state index contributed by atoms with van der Waals surface area (Å²) in [6.07, 6.45) is 0. The first-order valence-electron chi connectivity index (χ1n) is 2.26. The Balaban J connectivity index is 2.64. The molecule has 2 rings (SSSR count). The van der Waals surface area contributed by atoms with E-state index in [2.05, 4.69) is 0 Å². The largest absolute Gasteiger partial charge is 0.289 e. The van der Waals surface area contributed by atoms with Crippen LogP contribution in [0, 0.1) is 0 Å². The van der Waals surface area contributed by atoms with E-state index >= 15 is 0 Å². The van der Waals surface area contributed by atoms with Gasteiger partial charge >= 0.3 is 0 Å². The van der Waals surface area contributed by atoms with E-state index < -0.39 is 0 Å². The Bertz CT molecular complexity index is 248. The van der Waals surface area contributed by atoms with Crippen LogP contribution >= 0.6 is 46.2 Å². The number of rotatable bonds is 0. The summed E-state index contributed by atoms with van der Waals surface area (Å²) in [5, 5.41) is 1.10. The van der Waals surface area contributed by atoms with Crippen LogP contribution in [0.5, 0.6) is 0 Å². The SMILES string of the molecule is O=c1sc2c(s1)SCS2. The van der Waals surface area contributed by atoms with Crippen molar-refractivity contribution in [1.29, 1.82) is 0 Å². The Kier molecular flexibility index (Phi) is 1.60. The van der Waals surface area contributed by atoms with Crippen LogP contribution in [0.1, 0.15) is 0 Å². The summed E-state index contributed by atoms with van der Waals surface area (Å²) in [7, 11) is 0. The van der Waals surface area contributed by atoms with Crippen molar-refractivity contribution in [3.63, 3.8) is 0 Å². The summed E-state index contributed by atoms with van der Waals surface area (Å²) in [6, 6.07) is 0. The van der Waals surface area contributed by atoms with Crippen LogP contribution < -0.4 is 4.06 Å². The molecule has 0 bridgehead atoms. The second-order valence-corrected chi connectivity index (χ2v) is 6.51. The molecular weight excluding hydrogens is 192 g/mol. The molecule has 0 atom stereocenters. The predicted octanol–water partition coefficient (Wildman–Crippen LogP) is 2.33. The van der Waals surface area contributed by atoms with Crippen molar-refractivity contribution in [3.05, 3.63) is 8.85 Å². The van der Waals surface area contributed by atoms with Crippen LogP contribution in [0.15, 0.2) is 13.2 Å². The van der Waals surface area contributed by atoms with Crippen molar-refractivity contribution in [2.75, 3.05) is 5.08 Å².